The first kappa shape index (κ1) is 19.6. The predicted molar refractivity (Wildman–Crippen MR) is 102 cm³/mol. The van der Waals surface area contributed by atoms with Crippen molar-refractivity contribution < 1.29 is 19.3 Å². The van der Waals surface area contributed by atoms with Gasteiger partial charge in [-0.1, -0.05) is 25.0 Å². The van der Waals surface area contributed by atoms with Crippen molar-refractivity contribution in [3.05, 3.63) is 35.6 Å². The topological polar surface area (TPSA) is 51.2 Å². The van der Waals surface area contributed by atoms with Gasteiger partial charge in [0.05, 0.1) is 25.9 Å². The molecule has 0 aromatic heterocycles. The third-order valence-corrected chi connectivity index (χ3v) is 5.75. The molecule has 26 heavy (non-hydrogen) atoms. The number of hydrogen-bond acceptors (Lipinski definition) is 5. The lowest BCUT2D eigenvalue weighted by Gasteiger charge is -2.37. The zero-order valence-corrected chi connectivity index (χ0v) is 16.1. The molecule has 4 atom stereocenters. The number of aliphatic hydroxyl groups excluding tert-OH is 1. The molecule has 3 aliphatic rings. The highest BCUT2D eigenvalue weighted by molar-refractivity contribution is 5.32. The monoisotopic (exact) mass is 363 g/mol. The number of rotatable bonds is 7. The van der Waals surface area contributed by atoms with Crippen LogP contribution in [0.1, 0.15) is 38.5 Å². The van der Waals surface area contributed by atoms with Crippen molar-refractivity contribution in [3.63, 3.8) is 0 Å². The van der Waals surface area contributed by atoms with E-state index < -0.39 is 0 Å². The summed E-state index contributed by atoms with van der Waals surface area (Å²) in [5, 5.41) is 9.85. The largest absolute Gasteiger partial charge is 0.498 e. The summed E-state index contributed by atoms with van der Waals surface area (Å²) >= 11 is 0. The first-order chi connectivity index (χ1) is 12.7. The second kappa shape index (κ2) is 9.70. The standard InChI is InChI=1S/C21H33NO4/c1-24-20-9-5-6-16(14-21(20)25-2)11-13-26-19-8-4-3-7-18(19)22-12-10-17(23)15-22/h5-6,9,14,17-20,23H,3-4,7-8,10-13,15H2,1-2H3/t17-,18-,19?,20?/m1/s1. The Kier molecular flexibility index (Phi) is 7.32. The second-order valence-corrected chi connectivity index (χ2v) is 7.48. The van der Waals surface area contributed by atoms with Crippen LogP contribution in [0.25, 0.3) is 0 Å². The lowest BCUT2D eigenvalue weighted by Crippen LogP contribution is -2.46. The van der Waals surface area contributed by atoms with E-state index in [1.54, 1.807) is 14.2 Å². The lowest BCUT2D eigenvalue weighted by atomic mass is 9.91. The van der Waals surface area contributed by atoms with Crippen LogP contribution in [0, 0.1) is 0 Å². The van der Waals surface area contributed by atoms with Gasteiger partial charge in [-0.25, -0.2) is 0 Å². The van der Waals surface area contributed by atoms with E-state index in [0.717, 1.165) is 38.1 Å². The normalized spacial score (nSPS) is 32.9. The molecule has 0 amide bonds. The third kappa shape index (κ3) is 4.97. The number of methoxy groups -OCH3 is 2. The minimum atomic E-state index is -0.160. The van der Waals surface area contributed by atoms with Crippen molar-refractivity contribution in [2.45, 2.75) is 62.9 Å². The Morgan fingerprint density at radius 2 is 2.04 bits per heavy atom. The maximum absolute atomic E-state index is 9.85. The summed E-state index contributed by atoms with van der Waals surface area (Å²) in [5.74, 6) is 0.828. The van der Waals surface area contributed by atoms with E-state index in [4.69, 9.17) is 14.2 Å². The van der Waals surface area contributed by atoms with Gasteiger partial charge in [0.1, 0.15) is 11.9 Å². The van der Waals surface area contributed by atoms with Crippen molar-refractivity contribution in [1.82, 2.24) is 4.90 Å². The van der Waals surface area contributed by atoms with Crippen molar-refractivity contribution >= 4 is 0 Å². The van der Waals surface area contributed by atoms with Crippen LogP contribution in [0.15, 0.2) is 35.6 Å². The maximum Gasteiger partial charge on any atom is 0.133 e. The van der Waals surface area contributed by atoms with Crippen LogP contribution in [-0.4, -0.2) is 68.3 Å². The van der Waals surface area contributed by atoms with Crippen LogP contribution < -0.4 is 0 Å². The molecule has 146 valence electrons. The molecule has 2 aliphatic carbocycles. The van der Waals surface area contributed by atoms with E-state index in [9.17, 15) is 5.11 Å². The highest BCUT2D eigenvalue weighted by atomic mass is 16.5. The summed E-state index contributed by atoms with van der Waals surface area (Å²) in [7, 11) is 3.37. The molecule has 1 N–H and O–H groups in total. The number of likely N-dealkylation sites (tertiary alicyclic amines) is 1. The van der Waals surface area contributed by atoms with Gasteiger partial charge in [-0.05, 0) is 43.4 Å². The van der Waals surface area contributed by atoms with Crippen LogP contribution in [0.2, 0.25) is 0 Å². The van der Waals surface area contributed by atoms with Crippen LogP contribution in [0.3, 0.4) is 0 Å². The molecule has 3 rings (SSSR count). The number of hydrogen-bond donors (Lipinski definition) is 1. The van der Waals surface area contributed by atoms with Crippen LogP contribution in [0.4, 0.5) is 0 Å². The molecule has 0 radical (unpaired) electrons. The summed E-state index contributed by atoms with van der Waals surface area (Å²) in [5.41, 5.74) is 1.20. The smallest absolute Gasteiger partial charge is 0.133 e. The molecule has 5 heteroatoms. The Balaban J connectivity index is 1.53. The van der Waals surface area contributed by atoms with Gasteiger partial charge >= 0.3 is 0 Å². The fraction of sp³-hybridized carbons (Fsp3) is 0.714. The first-order valence-corrected chi connectivity index (χ1v) is 9.90. The molecule has 2 fully saturated rings. The molecular formula is C21H33NO4. The summed E-state index contributed by atoms with van der Waals surface area (Å²) < 4.78 is 17.2. The number of nitrogens with zero attached hydrogens (tertiary/aromatic N) is 1. The number of β-amino-alcohol motifs (C(OH)–C–C–N with tert-alkyl or cyclic N) is 1. The molecule has 0 aromatic rings. The third-order valence-electron chi connectivity index (χ3n) is 5.75. The van der Waals surface area contributed by atoms with E-state index in [1.165, 1.54) is 24.8 Å². The Bertz CT molecular complexity index is 542. The molecule has 0 spiro atoms. The van der Waals surface area contributed by atoms with Gasteiger partial charge in [-0.15, -0.1) is 0 Å². The predicted octanol–water partition coefficient (Wildman–Crippen LogP) is 2.81. The molecule has 0 bridgehead atoms. The summed E-state index contributed by atoms with van der Waals surface area (Å²) in [4.78, 5) is 2.44. The van der Waals surface area contributed by atoms with Gasteiger partial charge in [-0.3, -0.25) is 4.90 Å². The Labute approximate surface area is 157 Å². The summed E-state index contributed by atoms with van der Waals surface area (Å²) in [6, 6.07) is 0.465. The molecule has 1 saturated carbocycles. The number of allylic oxidation sites excluding steroid dienone is 3. The van der Waals surface area contributed by atoms with Gasteiger partial charge in [0.2, 0.25) is 0 Å². The lowest BCUT2D eigenvalue weighted by molar-refractivity contribution is -0.0314. The molecule has 2 unspecified atom stereocenters. The van der Waals surface area contributed by atoms with E-state index in [2.05, 4.69) is 17.1 Å². The average molecular weight is 363 g/mol. The van der Waals surface area contributed by atoms with Crippen molar-refractivity contribution in [3.8, 4) is 0 Å². The molecule has 1 heterocycles. The minimum absolute atomic E-state index is 0.126. The van der Waals surface area contributed by atoms with Crippen molar-refractivity contribution in [2.75, 3.05) is 33.9 Å². The fourth-order valence-electron chi connectivity index (χ4n) is 4.30. The van der Waals surface area contributed by atoms with Crippen LogP contribution in [0.5, 0.6) is 0 Å². The average Bonchev–Trinajstić information content (AvgIpc) is 2.99. The van der Waals surface area contributed by atoms with Gasteiger partial charge in [0.25, 0.3) is 0 Å². The Hall–Kier alpha value is -1.14. The van der Waals surface area contributed by atoms with Gasteiger partial charge in [0, 0.05) is 26.2 Å². The van der Waals surface area contributed by atoms with Crippen LogP contribution >= 0.6 is 0 Å². The van der Waals surface area contributed by atoms with E-state index in [-0.39, 0.29) is 18.3 Å². The fourth-order valence-corrected chi connectivity index (χ4v) is 4.30. The van der Waals surface area contributed by atoms with E-state index in [0.29, 0.717) is 12.6 Å². The highest BCUT2D eigenvalue weighted by Crippen LogP contribution is 2.29. The van der Waals surface area contributed by atoms with Gasteiger partial charge < -0.3 is 19.3 Å². The highest BCUT2D eigenvalue weighted by Gasteiger charge is 2.34. The van der Waals surface area contributed by atoms with Gasteiger partial charge in [0.15, 0.2) is 0 Å². The van der Waals surface area contributed by atoms with Crippen LogP contribution in [-0.2, 0) is 14.2 Å². The molecular weight excluding hydrogens is 330 g/mol. The maximum atomic E-state index is 9.85. The molecule has 1 saturated heterocycles. The summed E-state index contributed by atoms with van der Waals surface area (Å²) in [6.45, 7) is 2.52. The first-order valence-electron chi connectivity index (χ1n) is 9.90. The van der Waals surface area contributed by atoms with E-state index in [1.807, 2.05) is 12.2 Å². The Morgan fingerprint density at radius 3 is 2.77 bits per heavy atom. The quantitative estimate of drug-likeness (QED) is 0.754. The molecule has 0 aromatic carbocycles. The number of aliphatic hydroxyl groups is 1. The SMILES string of the molecule is COC1=CC(CCOC2CCCC[C@H]2N2CC[C@@H](O)C2)=CC=CC1OC. The molecule has 1 aliphatic heterocycles. The van der Waals surface area contributed by atoms with Crippen molar-refractivity contribution in [1.29, 1.82) is 0 Å². The second-order valence-electron chi connectivity index (χ2n) is 7.48. The minimum Gasteiger partial charge on any atom is -0.498 e. The summed E-state index contributed by atoms with van der Waals surface area (Å²) in [6.07, 6.45) is 14.8. The number of ether oxygens (including phenoxy) is 3. The van der Waals surface area contributed by atoms with Gasteiger partial charge in [-0.2, -0.15) is 0 Å². The van der Waals surface area contributed by atoms with E-state index >= 15 is 0 Å². The molecule has 5 nitrogen and oxygen atoms in total. The van der Waals surface area contributed by atoms with Crippen molar-refractivity contribution in [2.24, 2.45) is 0 Å². The zero-order chi connectivity index (χ0) is 18.4. The zero-order valence-electron chi connectivity index (χ0n) is 16.1. The Morgan fingerprint density at radius 1 is 1.19 bits per heavy atom.